The molecule has 6 rings (SSSR count). The van der Waals surface area contributed by atoms with Gasteiger partial charge in [0, 0.05) is 37.4 Å². The van der Waals surface area contributed by atoms with Crippen molar-refractivity contribution in [3.63, 3.8) is 0 Å². The molecular formula is C27H33N3O. The fourth-order valence-corrected chi connectivity index (χ4v) is 7.06. The number of rotatable bonds is 3. The molecule has 2 aliphatic carbocycles. The molecule has 1 saturated heterocycles. The Kier molecular flexibility index (Phi) is 4.79. The molecule has 162 valence electrons. The van der Waals surface area contributed by atoms with Gasteiger partial charge in [0.2, 0.25) is 0 Å². The van der Waals surface area contributed by atoms with Crippen molar-refractivity contribution in [1.82, 2.24) is 9.80 Å². The number of fused-ring (bicyclic) bond motifs is 7. The fourth-order valence-electron chi connectivity index (χ4n) is 7.06. The summed E-state index contributed by atoms with van der Waals surface area (Å²) in [5.74, 6) is 3.03. The minimum Gasteiger partial charge on any atom is -0.378 e. The number of piperazine rings is 1. The molecule has 0 radical (unpaired) electrons. The molecule has 2 saturated carbocycles. The number of nitrogens with zero attached hydrogens (tertiary/aromatic N) is 2. The summed E-state index contributed by atoms with van der Waals surface area (Å²) in [7, 11) is 0. The van der Waals surface area contributed by atoms with Crippen molar-refractivity contribution in [3.8, 4) is 0 Å². The summed E-state index contributed by atoms with van der Waals surface area (Å²) in [6.45, 7) is 6.93. The van der Waals surface area contributed by atoms with Crippen LogP contribution in [-0.2, 0) is 0 Å². The Labute approximate surface area is 185 Å². The van der Waals surface area contributed by atoms with Gasteiger partial charge < -0.3 is 15.1 Å². The lowest BCUT2D eigenvalue weighted by molar-refractivity contribution is 0.0643. The molecule has 2 bridgehead atoms. The molecule has 1 N–H and O–H groups in total. The third kappa shape index (κ3) is 3.18. The first-order valence-electron chi connectivity index (χ1n) is 12.2. The van der Waals surface area contributed by atoms with Crippen LogP contribution in [0.3, 0.4) is 0 Å². The van der Waals surface area contributed by atoms with Crippen LogP contribution in [0.25, 0.3) is 0 Å². The van der Waals surface area contributed by atoms with Crippen LogP contribution < -0.4 is 5.32 Å². The number of carbonyl (C=O) groups is 1. The standard InChI is InChI=1S/C27H33N3O/c1-2-29-12-14-30(15-13-29)27(31)21-10-11-23-22(17-21)24-19-8-9-20(16-19)25(24)26(28-23)18-6-4-3-5-7-18/h3-7,10-11,17,19-20,24-26,28H,2,8-9,12-16H2,1H3/t19-,20-,24-,25+,26+/m0/s1. The summed E-state index contributed by atoms with van der Waals surface area (Å²) in [4.78, 5) is 17.8. The molecule has 2 heterocycles. The Morgan fingerprint density at radius 2 is 1.77 bits per heavy atom. The van der Waals surface area contributed by atoms with Gasteiger partial charge in [-0.05, 0) is 78.8 Å². The van der Waals surface area contributed by atoms with E-state index < -0.39 is 0 Å². The second-order valence-corrected chi connectivity index (χ2v) is 10.00. The maximum absolute atomic E-state index is 13.3. The molecule has 2 aromatic carbocycles. The van der Waals surface area contributed by atoms with E-state index in [2.05, 4.69) is 70.6 Å². The van der Waals surface area contributed by atoms with E-state index in [-0.39, 0.29) is 5.91 Å². The molecule has 4 aliphatic rings. The van der Waals surface area contributed by atoms with Crippen molar-refractivity contribution in [3.05, 3.63) is 65.2 Å². The number of hydrogen-bond donors (Lipinski definition) is 1. The summed E-state index contributed by atoms with van der Waals surface area (Å²) in [5, 5.41) is 3.90. The Morgan fingerprint density at radius 3 is 2.55 bits per heavy atom. The van der Waals surface area contributed by atoms with Gasteiger partial charge in [-0.15, -0.1) is 0 Å². The normalized spacial score (nSPS) is 31.8. The van der Waals surface area contributed by atoms with Crippen LogP contribution in [0.2, 0.25) is 0 Å². The second kappa shape index (κ2) is 7.67. The van der Waals surface area contributed by atoms with Gasteiger partial charge in [0.25, 0.3) is 5.91 Å². The van der Waals surface area contributed by atoms with E-state index in [9.17, 15) is 4.79 Å². The van der Waals surface area contributed by atoms with Gasteiger partial charge in [-0.1, -0.05) is 37.3 Å². The number of likely N-dealkylation sites (N-methyl/N-ethyl adjacent to an activating group) is 1. The molecular weight excluding hydrogens is 382 g/mol. The smallest absolute Gasteiger partial charge is 0.253 e. The van der Waals surface area contributed by atoms with Crippen LogP contribution in [0.15, 0.2) is 48.5 Å². The first-order chi connectivity index (χ1) is 15.2. The quantitative estimate of drug-likeness (QED) is 0.785. The van der Waals surface area contributed by atoms with E-state index in [0.29, 0.717) is 17.9 Å². The number of carbonyl (C=O) groups excluding carboxylic acids is 1. The third-order valence-corrected chi connectivity index (χ3v) is 8.60. The van der Waals surface area contributed by atoms with Crippen molar-refractivity contribution in [2.75, 3.05) is 38.0 Å². The molecule has 2 aliphatic heterocycles. The van der Waals surface area contributed by atoms with Crippen LogP contribution in [0.4, 0.5) is 5.69 Å². The first-order valence-corrected chi connectivity index (χ1v) is 12.2. The van der Waals surface area contributed by atoms with Gasteiger partial charge in [0.15, 0.2) is 0 Å². The molecule has 3 fully saturated rings. The number of hydrogen-bond acceptors (Lipinski definition) is 3. The summed E-state index contributed by atoms with van der Waals surface area (Å²) < 4.78 is 0. The van der Waals surface area contributed by atoms with Crippen LogP contribution in [0.5, 0.6) is 0 Å². The molecule has 31 heavy (non-hydrogen) atoms. The predicted octanol–water partition coefficient (Wildman–Crippen LogP) is 4.76. The number of nitrogens with one attached hydrogen (secondary N) is 1. The maximum atomic E-state index is 13.3. The van der Waals surface area contributed by atoms with Crippen molar-refractivity contribution in [2.45, 2.75) is 38.1 Å². The molecule has 0 unspecified atom stereocenters. The lowest BCUT2D eigenvalue weighted by atomic mass is 9.68. The minimum absolute atomic E-state index is 0.212. The Morgan fingerprint density at radius 1 is 1.00 bits per heavy atom. The molecule has 4 heteroatoms. The van der Waals surface area contributed by atoms with Gasteiger partial charge in [-0.25, -0.2) is 0 Å². The van der Waals surface area contributed by atoms with Crippen LogP contribution in [-0.4, -0.2) is 48.4 Å². The van der Waals surface area contributed by atoms with Crippen LogP contribution >= 0.6 is 0 Å². The molecule has 2 aromatic rings. The summed E-state index contributed by atoms with van der Waals surface area (Å²) in [6, 6.07) is 17.9. The lowest BCUT2D eigenvalue weighted by Gasteiger charge is -2.43. The molecule has 1 amide bonds. The van der Waals surface area contributed by atoms with E-state index in [1.165, 1.54) is 36.1 Å². The molecule has 0 aromatic heterocycles. The monoisotopic (exact) mass is 415 g/mol. The largest absolute Gasteiger partial charge is 0.378 e. The molecule has 0 spiro atoms. The number of anilines is 1. The minimum atomic E-state index is 0.212. The van der Waals surface area contributed by atoms with Crippen molar-refractivity contribution >= 4 is 11.6 Å². The van der Waals surface area contributed by atoms with Crippen LogP contribution in [0, 0.1) is 17.8 Å². The van der Waals surface area contributed by atoms with Crippen molar-refractivity contribution in [1.29, 1.82) is 0 Å². The molecule has 5 atom stereocenters. The SMILES string of the molecule is CCN1CCN(C(=O)c2ccc3c(c2)[C@@H]2[C@H]4CC[C@@H](C4)[C@H]2[C@@H](c2ccccc2)N3)CC1. The lowest BCUT2D eigenvalue weighted by Crippen LogP contribution is -2.48. The van der Waals surface area contributed by atoms with Gasteiger partial charge >= 0.3 is 0 Å². The van der Waals surface area contributed by atoms with Crippen molar-refractivity contribution < 1.29 is 4.79 Å². The van der Waals surface area contributed by atoms with Gasteiger partial charge in [0.1, 0.15) is 0 Å². The van der Waals surface area contributed by atoms with E-state index in [4.69, 9.17) is 0 Å². The Bertz CT molecular complexity index is 966. The topological polar surface area (TPSA) is 35.6 Å². The zero-order valence-corrected chi connectivity index (χ0v) is 18.5. The zero-order chi connectivity index (χ0) is 20.9. The average Bonchev–Trinajstić information content (AvgIpc) is 3.46. The Balaban J connectivity index is 1.32. The van der Waals surface area contributed by atoms with Gasteiger partial charge in [-0.3, -0.25) is 4.79 Å². The fraction of sp³-hybridized carbons (Fsp3) is 0.519. The van der Waals surface area contributed by atoms with E-state index in [1.807, 2.05) is 0 Å². The summed E-state index contributed by atoms with van der Waals surface area (Å²) in [5.41, 5.74) is 4.94. The summed E-state index contributed by atoms with van der Waals surface area (Å²) >= 11 is 0. The van der Waals surface area contributed by atoms with Gasteiger partial charge in [0.05, 0.1) is 6.04 Å². The highest BCUT2D eigenvalue weighted by Crippen LogP contribution is 2.63. The highest BCUT2D eigenvalue weighted by atomic mass is 16.2. The van der Waals surface area contributed by atoms with E-state index in [0.717, 1.165) is 50.1 Å². The maximum Gasteiger partial charge on any atom is 0.253 e. The highest BCUT2D eigenvalue weighted by molar-refractivity contribution is 5.95. The van der Waals surface area contributed by atoms with E-state index >= 15 is 0 Å². The predicted molar refractivity (Wildman–Crippen MR) is 124 cm³/mol. The first kappa shape index (κ1) is 19.4. The Hall–Kier alpha value is -2.33. The zero-order valence-electron chi connectivity index (χ0n) is 18.5. The highest BCUT2D eigenvalue weighted by Gasteiger charge is 2.53. The van der Waals surface area contributed by atoms with Crippen molar-refractivity contribution in [2.24, 2.45) is 17.8 Å². The second-order valence-electron chi connectivity index (χ2n) is 10.00. The summed E-state index contributed by atoms with van der Waals surface area (Å²) in [6.07, 6.45) is 4.08. The third-order valence-electron chi connectivity index (χ3n) is 8.60. The molecule has 4 nitrogen and oxygen atoms in total. The van der Waals surface area contributed by atoms with Gasteiger partial charge in [-0.2, -0.15) is 0 Å². The number of benzene rings is 2. The number of amides is 1. The van der Waals surface area contributed by atoms with E-state index in [1.54, 1.807) is 0 Å². The van der Waals surface area contributed by atoms with Crippen LogP contribution in [0.1, 0.15) is 59.6 Å². The average molecular weight is 416 g/mol.